The van der Waals surface area contributed by atoms with Crippen LogP contribution < -0.4 is 10.7 Å². The lowest BCUT2D eigenvalue weighted by Crippen LogP contribution is -2.48. The van der Waals surface area contributed by atoms with Crippen LogP contribution in [0, 0.1) is 6.92 Å². The maximum absolute atomic E-state index is 12.6. The SMILES string of the molecule is Cc1occc1C(=O)NN1C(=O)NC(C)(c2ccccc2)C1=O. The van der Waals surface area contributed by atoms with Crippen molar-refractivity contribution in [3.05, 3.63) is 59.5 Å². The third kappa shape index (κ3) is 2.36. The summed E-state index contributed by atoms with van der Waals surface area (Å²) in [5.74, 6) is -0.736. The monoisotopic (exact) mass is 313 g/mol. The fourth-order valence-electron chi connectivity index (χ4n) is 2.49. The van der Waals surface area contributed by atoms with Gasteiger partial charge in [0.2, 0.25) is 0 Å². The Morgan fingerprint density at radius 1 is 1.22 bits per heavy atom. The molecular formula is C16H15N3O4. The summed E-state index contributed by atoms with van der Waals surface area (Å²) >= 11 is 0. The fraction of sp³-hybridized carbons (Fsp3) is 0.188. The molecule has 1 atom stereocenters. The number of aryl methyl sites for hydroxylation is 1. The number of benzene rings is 1. The molecule has 2 aromatic rings. The highest BCUT2D eigenvalue weighted by Crippen LogP contribution is 2.27. The number of amides is 4. The van der Waals surface area contributed by atoms with Crippen molar-refractivity contribution in [2.24, 2.45) is 0 Å². The first-order valence-electron chi connectivity index (χ1n) is 7.01. The number of hydrogen-bond donors (Lipinski definition) is 2. The Kier molecular flexibility index (Phi) is 3.40. The number of furan rings is 1. The van der Waals surface area contributed by atoms with Crippen molar-refractivity contribution in [2.75, 3.05) is 0 Å². The first-order valence-corrected chi connectivity index (χ1v) is 7.01. The molecule has 0 radical (unpaired) electrons. The summed E-state index contributed by atoms with van der Waals surface area (Å²) in [6, 6.07) is 9.63. The Labute approximate surface area is 132 Å². The normalized spacial score (nSPS) is 20.5. The molecular weight excluding hydrogens is 298 g/mol. The summed E-state index contributed by atoms with van der Waals surface area (Å²) in [7, 11) is 0. The van der Waals surface area contributed by atoms with Crippen LogP contribution in [-0.4, -0.2) is 22.9 Å². The Balaban J connectivity index is 1.85. The zero-order chi connectivity index (χ0) is 16.6. The van der Waals surface area contributed by atoms with Gasteiger partial charge in [0.15, 0.2) is 0 Å². The molecule has 2 N–H and O–H groups in total. The van der Waals surface area contributed by atoms with Crippen LogP contribution in [0.25, 0.3) is 0 Å². The van der Waals surface area contributed by atoms with Gasteiger partial charge in [-0.3, -0.25) is 15.0 Å². The van der Waals surface area contributed by atoms with Crippen LogP contribution in [0.3, 0.4) is 0 Å². The van der Waals surface area contributed by atoms with Crippen LogP contribution in [-0.2, 0) is 10.3 Å². The zero-order valence-electron chi connectivity index (χ0n) is 12.6. The third-order valence-electron chi connectivity index (χ3n) is 3.86. The Morgan fingerprint density at radius 3 is 2.52 bits per heavy atom. The van der Waals surface area contributed by atoms with Crippen molar-refractivity contribution in [1.82, 2.24) is 15.8 Å². The Bertz CT molecular complexity index is 784. The molecule has 3 rings (SSSR count). The zero-order valence-corrected chi connectivity index (χ0v) is 12.6. The largest absolute Gasteiger partial charge is 0.469 e. The first kappa shape index (κ1) is 14.8. The molecule has 0 saturated carbocycles. The number of carbonyl (C=O) groups is 3. The van der Waals surface area contributed by atoms with Gasteiger partial charge in [0.25, 0.3) is 11.8 Å². The van der Waals surface area contributed by atoms with Crippen LogP contribution in [0.15, 0.2) is 47.1 Å². The highest BCUT2D eigenvalue weighted by molar-refractivity contribution is 6.09. The standard InChI is InChI=1S/C16H15N3O4/c1-10-12(8-9-23-10)13(20)18-19-14(21)16(2,17-15(19)22)11-6-4-3-5-7-11/h3-9H,1-2H3,(H,17,22)(H,18,20). The van der Waals surface area contributed by atoms with E-state index < -0.39 is 23.4 Å². The summed E-state index contributed by atoms with van der Waals surface area (Å²) in [6.07, 6.45) is 1.37. The lowest BCUT2D eigenvalue weighted by Gasteiger charge is -2.22. The second-order valence-corrected chi connectivity index (χ2v) is 5.39. The van der Waals surface area contributed by atoms with Gasteiger partial charge in [-0.15, -0.1) is 0 Å². The minimum Gasteiger partial charge on any atom is -0.469 e. The van der Waals surface area contributed by atoms with Gasteiger partial charge in [-0.2, -0.15) is 5.01 Å². The predicted octanol–water partition coefficient (Wildman–Crippen LogP) is 1.70. The molecule has 1 fully saturated rings. The summed E-state index contributed by atoms with van der Waals surface area (Å²) < 4.78 is 5.05. The average Bonchev–Trinajstić information content (AvgIpc) is 3.06. The fourth-order valence-corrected chi connectivity index (χ4v) is 2.49. The van der Waals surface area contributed by atoms with E-state index >= 15 is 0 Å². The Hall–Kier alpha value is -3.09. The molecule has 1 aliphatic rings. The minimum absolute atomic E-state index is 0.263. The van der Waals surface area contributed by atoms with Crippen LogP contribution >= 0.6 is 0 Å². The quantitative estimate of drug-likeness (QED) is 0.844. The maximum atomic E-state index is 12.6. The van der Waals surface area contributed by atoms with E-state index in [-0.39, 0.29) is 5.56 Å². The van der Waals surface area contributed by atoms with E-state index in [1.165, 1.54) is 12.3 Å². The topological polar surface area (TPSA) is 91.7 Å². The van der Waals surface area contributed by atoms with E-state index in [0.29, 0.717) is 16.3 Å². The van der Waals surface area contributed by atoms with Gasteiger partial charge >= 0.3 is 6.03 Å². The molecule has 1 aliphatic heterocycles. The number of hydrogen-bond acceptors (Lipinski definition) is 4. The molecule has 7 nitrogen and oxygen atoms in total. The van der Waals surface area contributed by atoms with Gasteiger partial charge in [0.05, 0.1) is 11.8 Å². The summed E-state index contributed by atoms with van der Waals surface area (Å²) in [4.78, 5) is 36.9. The van der Waals surface area contributed by atoms with Gasteiger partial charge in [-0.05, 0) is 25.5 Å². The number of carbonyl (C=O) groups excluding carboxylic acids is 3. The number of nitrogens with zero attached hydrogens (tertiary/aromatic N) is 1. The smallest absolute Gasteiger partial charge is 0.344 e. The highest BCUT2D eigenvalue weighted by Gasteiger charge is 2.50. The molecule has 1 aromatic carbocycles. The number of nitrogens with one attached hydrogen (secondary N) is 2. The van der Waals surface area contributed by atoms with Gasteiger partial charge in [0.1, 0.15) is 11.3 Å². The van der Waals surface area contributed by atoms with E-state index in [0.717, 1.165) is 0 Å². The lowest BCUT2D eigenvalue weighted by molar-refractivity contribution is -0.132. The maximum Gasteiger partial charge on any atom is 0.344 e. The van der Waals surface area contributed by atoms with Gasteiger partial charge < -0.3 is 9.73 Å². The lowest BCUT2D eigenvalue weighted by atomic mass is 9.92. The van der Waals surface area contributed by atoms with Crippen molar-refractivity contribution in [1.29, 1.82) is 0 Å². The second-order valence-electron chi connectivity index (χ2n) is 5.39. The molecule has 1 unspecified atom stereocenters. The van der Waals surface area contributed by atoms with E-state index in [1.807, 2.05) is 6.07 Å². The number of hydrazine groups is 1. The molecule has 1 saturated heterocycles. The molecule has 4 amide bonds. The summed E-state index contributed by atoms with van der Waals surface area (Å²) in [6.45, 7) is 3.21. The Morgan fingerprint density at radius 2 is 1.91 bits per heavy atom. The molecule has 1 aromatic heterocycles. The van der Waals surface area contributed by atoms with E-state index in [4.69, 9.17) is 4.42 Å². The molecule has 23 heavy (non-hydrogen) atoms. The van der Waals surface area contributed by atoms with Crippen molar-refractivity contribution in [3.8, 4) is 0 Å². The van der Waals surface area contributed by atoms with E-state index in [9.17, 15) is 14.4 Å². The average molecular weight is 313 g/mol. The number of urea groups is 1. The molecule has 0 bridgehead atoms. The van der Waals surface area contributed by atoms with E-state index in [2.05, 4.69) is 10.7 Å². The highest BCUT2D eigenvalue weighted by atomic mass is 16.3. The van der Waals surface area contributed by atoms with E-state index in [1.54, 1.807) is 38.1 Å². The van der Waals surface area contributed by atoms with Crippen molar-refractivity contribution in [2.45, 2.75) is 19.4 Å². The number of rotatable bonds is 3. The molecule has 0 aliphatic carbocycles. The van der Waals surface area contributed by atoms with Gasteiger partial charge in [-0.25, -0.2) is 4.79 Å². The predicted molar refractivity (Wildman–Crippen MR) is 80.1 cm³/mol. The molecule has 7 heteroatoms. The van der Waals surface area contributed by atoms with Gasteiger partial charge in [-0.1, -0.05) is 30.3 Å². The minimum atomic E-state index is -1.23. The van der Waals surface area contributed by atoms with Crippen LogP contribution in [0.2, 0.25) is 0 Å². The van der Waals surface area contributed by atoms with Gasteiger partial charge in [0, 0.05) is 0 Å². The van der Waals surface area contributed by atoms with Crippen LogP contribution in [0.5, 0.6) is 0 Å². The first-order chi connectivity index (χ1) is 10.9. The molecule has 0 spiro atoms. The summed E-state index contributed by atoms with van der Waals surface area (Å²) in [5.41, 5.74) is 1.99. The number of imide groups is 1. The van der Waals surface area contributed by atoms with Crippen molar-refractivity contribution < 1.29 is 18.8 Å². The third-order valence-corrected chi connectivity index (χ3v) is 3.86. The molecule has 118 valence electrons. The summed E-state index contributed by atoms with van der Waals surface area (Å²) in [5, 5.41) is 3.31. The van der Waals surface area contributed by atoms with Crippen LogP contribution in [0.4, 0.5) is 4.79 Å². The van der Waals surface area contributed by atoms with Crippen LogP contribution in [0.1, 0.15) is 28.6 Å². The van der Waals surface area contributed by atoms with Crippen molar-refractivity contribution >= 4 is 17.8 Å². The van der Waals surface area contributed by atoms with Crippen molar-refractivity contribution in [3.63, 3.8) is 0 Å². The molecule has 2 heterocycles. The second kappa shape index (κ2) is 5.28.